The van der Waals surface area contributed by atoms with Crippen molar-refractivity contribution in [2.75, 3.05) is 0 Å². The van der Waals surface area contributed by atoms with Crippen LogP contribution in [0.5, 0.6) is 0 Å². The van der Waals surface area contributed by atoms with E-state index in [2.05, 4.69) is 151 Å². The molecule has 2 nitrogen and oxygen atoms in total. The molecule has 4 heterocycles. The van der Waals surface area contributed by atoms with Crippen LogP contribution in [0.1, 0.15) is 60.8 Å². The highest BCUT2D eigenvalue weighted by molar-refractivity contribution is 6.89. The van der Waals surface area contributed by atoms with Crippen LogP contribution in [-0.2, 0) is 18.4 Å². The van der Waals surface area contributed by atoms with Gasteiger partial charge in [0.15, 0.2) is 24.0 Å². The second-order valence-corrected chi connectivity index (χ2v) is 21.2. The maximum atomic E-state index is 4.59. The highest BCUT2D eigenvalue weighted by atomic mass is 28.3. The summed E-state index contributed by atoms with van der Waals surface area (Å²) in [5.41, 5.74) is 12.5. The highest BCUT2D eigenvalue weighted by Crippen LogP contribution is 2.64. The van der Waals surface area contributed by atoms with Gasteiger partial charge < -0.3 is 0 Å². The van der Waals surface area contributed by atoms with Crippen molar-refractivity contribution >= 4 is 13.3 Å². The number of hydrogen-bond acceptors (Lipinski definition) is 0. The lowest BCUT2D eigenvalue weighted by atomic mass is 9.48. The fourth-order valence-corrected chi connectivity index (χ4v) is 12.0. The van der Waals surface area contributed by atoms with Crippen LogP contribution >= 0.6 is 0 Å². The third-order valence-corrected chi connectivity index (χ3v) is 14.6. The predicted molar refractivity (Wildman–Crippen MR) is 200 cm³/mol. The minimum Gasteiger partial charge on any atom is -0.194 e. The molecule has 4 atom stereocenters. The molecule has 4 aliphatic rings. The molecule has 2 aromatic heterocycles. The van der Waals surface area contributed by atoms with Crippen molar-refractivity contribution in [1.29, 1.82) is 0 Å². The number of fused-ring (bicyclic) bond motifs is 11. The molecule has 2 aliphatic carbocycles. The molecular weight excluding hydrogens is 597 g/mol. The van der Waals surface area contributed by atoms with Gasteiger partial charge in [0.1, 0.15) is 11.8 Å². The average Bonchev–Trinajstić information content (AvgIpc) is 3.11. The Bertz CT molecular complexity index is 2050. The molecule has 1 spiro atoms. The maximum Gasteiger partial charge on any atom is 0.213 e. The van der Waals surface area contributed by atoms with Gasteiger partial charge in [0.25, 0.3) is 0 Å². The minimum absolute atomic E-state index is 0.133. The van der Waals surface area contributed by atoms with Crippen molar-refractivity contribution in [1.82, 2.24) is 0 Å². The summed E-state index contributed by atoms with van der Waals surface area (Å²) in [5, 5.41) is 1.66. The van der Waals surface area contributed by atoms with E-state index in [4.69, 9.17) is 0 Å². The zero-order chi connectivity index (χ0) is 32.6. The minimum atomic E-state index is -1.62. The SMILES string of the molecule is C=CC1C2C(c3ccccc3-c3cc(CC4CCCCC4)c([Si](C)(C)C)c[n+]32)C12Cc1ccccc1-c1cc(-c3ccccc3)cc[n+]12. The first-order chi connectivity index (χ1) is 23.4. The van der Waals surface area contributed by atoms with Crippen molar-refractivity contribution in [3.63, 3.8) is 0 Å². The zero-order valence-corrected chi connectivity index (χ0v) is 29.8. The Morgan fingerprint density at radius 1 is 0.792 bits per heavy atom. The van der Waals surface area contributed by atoms with Gasteiger partial charge in [-0.1, -0.05) is 125 Å². The topological polar surface area (TPSA) is 7.76 Å². The first kappa shape index (κ1) is 30.0. The summed E-state index contributed by atoms with van der Waals surface area (Å²) >= 11 is 0. The van der Waals surface area contributed by atoms with Gasteiger partial charge in [0.2, 0.25) is 11.4 Å². The number of hydrogen-bond donors (Lipinski definition) is 0. The van der Waals surface area contributed by atoms with Gasteiger partial charge in [-0.2, -0.15) is 9.13 Å². The Morgan fingerprint density at radius 2 is 1.52 bits per heavy atom. The van der Waals surface area contributed by atoms with Crippen molar-refractivity contribution in [3.8, 4) is 33.6 Å². The van der Waals surface area contributed by atoms with E-state index in [9.17, 15) is 0 Å². The van der Waals surface area contributed by atoms with E-state index >= 15 is 0 Å². The number of nitrogens with zero attached hydrogens (tertiary/aromatic N) is 2. The fourth-order valence-electron chi connectivity index (χ4n) is 10.4. The van der Waals surface area contributed by atoms with Crippen molar-refractivity contribution in [2.24, 2.45) is 11.8 Å². The van der Waals surface area contributed by atoms with E-state index in [0.717, 1.165) is 12.3 Å². The number of benzene rings is 3. The zero-order valence-electron chi connectivity index (χ0n) is 28.8. The summed E-state index contributed by atoms with van der Waals surface area (Å²) in [4.78, 5) is 0. The lowest BCUT2D eigenvalue weighted by Crippen LogP contribution is -2.80. The summed E-state index contributed by atoms with van der Waals surface area (Å²) in [6, 6.07) is 37.2. The van der Waals surface area contributed by atoms with E-state index in [1.807, 2.05) is 0 Å². The molecule has 48 heavy (non-hydrogen) atoms. The largest absolute Gasteiger partial charge is 0.213 e. The van der Waals surface area contributed by atoms with E-state index in [0.29, 0.717) is 12.0 Å². The third-order valence-electron chi connectivity index (χ3n) is 12.5. The van der Waals surface area contributed by atoms with E-state index < -0.39 is 8.07 Å². The molecule has 9 rings (SSSR count). The van der Waals surface area contributed by atoms with Crippen LogP contribution < -0.4 is 14.3 Å². The van der Waals surface area contributed by atoms with Crippen molar-refractivity contribution in [2.45, 2.75) is 82.1 Å². The summed E-state index contributed by atoms with van der Waals surface area (Å²) in [6.45, 7) is 12.2. The average molecular weight is 645 g/mol. The normalized spacial score (nSPS) is 24.0. The molecular formula is C45H48N2Si+2. The molecule has 5 aromatic rings. The van der Waals surface area contributed by atoms with Crippen molar-refractivity contribution in [3.05, 3.63) is 139 Å². The van der Waals surface area contributed by atoms with Crippen LogP contribution in [0.4, 0.5) is 0 Å². The first-order valence-electron chi connectivity index (χ1n) is 18.4. The number of rotatable bonds is 5. The molecule has 3 heteroatoms. The van der Waals surface area contributed by atoms with Gasteiger partial charge in [-0.3, -0.25) is 0 Å². The Hall–Kier alpha value is -4.08. The van der Waals surface area contributed by atoms with Crippen LogP contribution in [0.2, 0.25) is 19.6 Å². The first-order valence-corrected chi connectivity index (χ1v) is 21.9. The van der Waals surface area contributed by atoms with Gasteiger partial charge >= 0.3 is 0 Å². The van der Waals surface area contributed by atoms with E-state index in [1.54, 1.807) is 10.8 Å². The molecule has 0 N–H and O–H groups in total. The lowest BCUT2D eigenvalue weighted by Gasteiger charge is -2.56. The van der Waals surface area contributed by atoms with E-state index in [1.165, 1.54) is 83.3 Å². The summed E-state index contributed by atoms with van der Waals surface area (Å²) in [6.07, 6.45) is 16.6. The summed E-state index contributed by atoms with van der Waals surface area (Å²) < 4.78 is 5.41. The molecule has 2 saturated carbocycles. The van der Waals surface area contributed by atoms with Crippen molar-refractivity contribution < 1.29 is 9.13 Å². The molecule has 4 unspecified atom stereocenters. The molecule has 0 bridgehead atoms. The molecule has 3 aromatic carbocycles. The molecule has 2 aliphatic heterocycles. The van der Waals surface area contributed by atoms with Crippen LogP contribution in [0, 0.1) is 11.8 Å². The Balaban J connectivity index is 1.24. The highest BCUT2D eigenvalue weighted by Gasteiger charge is 2.75. The molecule has 240 valence electrons. The second-order valence-electron chi connectivity index (χ2n) is 16.1. The van der Waals surface area contributed by atoms with E-state index in [-0.39, 0.29) is 11.5 Å². The van der Waals surface area contributed by atoms with Gasteiger partial charge in [0, 0.05) is 35.4 Å². The quantitative estimate of drug-likeness (QED) is 0.102. The van der Waals surface area contributed by atoms with Crippen LogP contribution in [0.25, 0.3) is 33.6 Å². The molecule has 0 amide bonds. The Labute approximate surface area is 287 Å². The smallest absolute Gasteiger partial charge is 0.194 e. The van der Waals surface area contributed by atoms with Gasteiger partial charge in [-0.25, -0.2) is 0 Å². The van der Waals surface area contributed by atoms with Gasteiger partial charge in [-0.05, 0) is 52.3 Å². The summed E-state index contributed by atoms with van der Waals surface area (Å²) in [7, 11) is -1.62. The van der Waals surface area contributed by atoms with Crippen LogP contribution in [0.15, 0.2) is 122 Å². The fraction of sp³-hybridized carbons (Fsp3) is 0.333. The van der Waals surface area contributed by atoms with Gasteiger partial charge in [0.05, 0.1) is 13.6 Å². The molecule has 0 saturated heterocycles. The standard InChI is InChI=1S/C45H48N2Si/c1-5-39-44-43(45(39)29-34-20-12-13-21-36(34)41-27-33(24-25-47(41)45)32-18-10-7-11-19-32)38-23-15-14-22-37(38)40-28-35(26-31-16-8-6-9-17-31)42(30-46(40)44)48(2,3)4/h5,7,10-15,18-25,27-28,30-31,39,43-44H,1,6,8-9,16-17,26,29H2,2-4H3/q+2. The van der Waals surface area contributed by atoms with Crippen LogP contribution in [0.3, 0.4) is 0 Å². The maximum absolute atomic E-state index is 4.59. The van der Waals surface area contributed by atoms with Crippen LogP contribution in [-0.4, -0.2) is 8.07 Å². The number of pyridine rings is 2. The Kier molecular flexibility index (Phi) is 7.03. The second kappa shape index (κ2) is 11.2. The third kappa shape index (κ3) is 4.43. The monoisotopic (exact) mass is 644 g/mol. The summed E-state index contributed by atoms with van der Waals surface area (Å²) in [5.74, 6) is 1.46. The number of aromatic nitrogens is 2. The Morgan fingerprint density at radius 3 is 2.29 bits per heavy atom. The molecule has 2 fully saturated rings. The number of allylic oxidation sites excluding steroid dienone is 1. The lowest BCUT2D eigenvalue weighted by molar-refractivity contribution is -0.837. The molecule has 0 radical (unpaired) electrons. The predicted octanol–water partition coefficient (Wildman–Crippen LogP) is 9.34. The van der Waals surface area contributed by atoms with Gasteiger partial charge in [-0.15, -0.1) is 6.58 Å².